The van der Waals surface area contributed by atoms with Gasteiger partial charge in [-0.05, 0) is 24.3 Å². The van der Waals surface area contributed by atoms with Gasteiger partial charge in [0.1, 0.15) is 0 Å². The first-order valence-corrected chi connectivity index (χ1v) is 9.45. The molecule has 0 aliphatic rings. The molecule has 0 heterocycles. The van der Waals surface area contributed by atoms with E-state index < -0.39 is 10.0 Å². The summed E-state index contributed by atoms with van der Waals surface area (Å²) < 4.78 is 50.9. The molecule has 0 amide bonds. The number of hydrogen-bond donors (Lipinski definition) is 1. The van der Waals surface area contributed by atoms with Gasteiger partial charge in [-0.15, -0.1) is 0 Å². The zero-order chi connectivity index (χ0) is 20.7. The molecule has 0 saturated heterocycles. The van der Waals surface area contributed by atoms with Crippen LogP contribution in [-0.4, -0.2) is 50.2 Å². The van der Waals surface area contributed by atoms with Crippen LogP contribution < -0.4 is 28.5 Å². The van der Waals surface area contributed by atoms with Crippen molar-refractivity contribution in [2.45, 2.75) is 4.90 Å². The van der Waals surface area contributed by atoms with Crippen LogP contribution in [0.3, 0.4) is 0 Å². The molecule has 1 N–H and O–H groups in total. The molecule has 0 atom stereocenters. The van der Waals surface area contributed by atoms with Crippen molar-refractivity contribution in [3.8, 4) is 28.7 Å². The van der Waals surface area contributed by atoms with Gasteiger partial charge in [-0.3, -0.25) is 0 Å². The normalized spacial score (nSPS) is 11.2. The summed E-state index contributed by atoms with van der Waals surface area (Å²) in [4.78, 5) is 2.13. The van der Waals surface area contributed by atoms with E-state index in [4.69, 9.17) is 23.7 Å². The Kier molecular flexibility index (Phi) is 6.94. The molecule has 0 fully saturated rings. The second kappa shape index (κ2) is 9.18. The number of ether oxygens (including phenoxy) is 5. The van der Waals surface area contributed by atoms with Crippen LogP contribution in [-0.2, 0) is 10.0 Å². The Morgan fingerprint density at radius 2 is 1.36 bits per heavy atom. The number of hydrogen-bond acceptors (Lipinski definition) is 8. The molecule has 10 heteroatoms. The Balaban J connectivity index is 2.26. The third-order valence-corrected chi connectivity index (χ3v) is 4.96. The van der Waals surface area contributed by atoms with Crippen molar-refractivity contribution in [2.75, 3.05) is 35.5 Å². The van der Waals surface area contributed by atoms with Crippen molar-refractivity contribution < 1.29 is 32.1 Å². The number of nitrogens with zero attached hydrogens (tertiary/aromatic N) is 1. The van der Waals surface area contributed by atoms with Crippen molar-refractivity contribution in [1.29, 1.82) is 0 Å². The number of hydrazone groups is 1. The summed E-state index contributed by atoms with van der Waals surface area (Å²) in [6, 6.07) is 7.50. The van der Waals surface area contributed by atoms with E-state index in [-0.39, 0.29) is 4.90 Å². The van der Waals surface area contributed by atoms with Gasteiger partial charge in [-0.2, -0.15) is 13.5 Å². The molecule has 152 valence electrons. The molecular formula is C18H22N2O7S. The van der Waals surface area contributed by atoms with Crippen LogP contribution in [0.15, 0.2) is 40.3 Å². The summed E-state index contributed by atoms with van der Waals surface area (Å²) in [6.07, 6.45) is 1.32. The number of rotatable bonds is 9. The third kappa shape index (κ3) is 4.58. The van der Waals surface area contributed by atoms with Gasteiger partial charge in [-0.25, -0.2) is 4.83 Å². The van der Waals surface area contributed by atoms with Gasteiger partial charge >= 0.3 is 0 Å². The molecule has 0 saturated carbocycles. The molecule has 0 aliphatic carbocycles. The van der Waals surface area contributed by atoms with Crippen LogP contribution in [0.25, 0.3) is 0 Å². The molecule has 2 rings (SSSR count). The molecule has 2 aromatic carbocycles. The lowest BCUT2D eigenvalue weighted by Crippen LogP contribution is -2.18. The molecule has 0 bridgehead atoms. The van der Waals surface area contributed by atoms with Gasteiger partial charge in [0, 0.05) is 11.6 Å². The quantitative estimate of drug-likeness (QED) is 0.498. The second-order valence-electron chi connectivity index (χ2n) is 5.33. The second-order valence-corrected chi connectivity index (χ2v) is 6.99. The van der Waals surface area contributed by atoms with Gasteiger partial charge < -0.3 is 23.7 Å². The lowest BCUT2D eigenvalue weighted by molar-refractivity contribution is 0.324. The van der Waals surface area contributed by atoms with Crippen LogP contribution in [0.5, 0.6) is 28.7 Å². The summed E-state index contributed by atoms with van der Waals surface area (Å²) in [7, 11) is 3.44. The number of sulfonamides is 1. The Bertz CT molecular complexity index is 933. The smallest absolute Gasteiger partial charge is 0.276 e. The standard InChI is InChI=1S/C18H22N2O7S/c1-23-14-7-6-13(10-15(14)24-2)28(21,22)20-19-11-12-8-16(25-3)18(27-5)17(9-12)26-4/h6-11,20H,1-5H3/b19-11+. The highest BCUT2D eigenvalue weighted by Gasteiger charge is 2.16. The lowest BCUT2D eigenvalue weighted by atomic mass is 10.2. The maximum Gasteiger partial charge on any atom is 0.276 e. The summed E-state index contributed by atoms with van der Waals surface area (Å²) in [5.41, 5.74) is 0.546. The lowest BCUT2D eigenvalue weighted by Gasteiger charge is -2.12. The zero-order valence-corrected chi connectivity index (χ0v) is 17.0. The first kappa shape index (κ1) is 21.2. The van der Waals surface area contributed by atoms with Gasteiger partial charge in [0.25, 0.3) is 10.0 Å². The van der Waals surface area contributed by atoms with Crippen molar-refractivity contribution in [2.24, 2.45) is 5.10 Å². The molecule has 0 aliphatic heterocycles. The minimum absolute atomic E-state index is 0.0211. The van der Waals surface area contributed by atoms with E-state index in [0.717, 1.165) is 0 Å². The highest BCUT2D eigenvalue weighted by atomic mass is 32.2. The molecule has 28 heavy (non-hydrogen) atoms. The molecule has 0 radical (unpaired) electrons. The molecule has 0 spiro atoms. The first-order valence-electron chi connectivity index (χ1n) is 7.97. The van der Waals surface area contributed by atoms with E-state index in [1.807, 2.05) is 0 Å². The molecule has 9 nitrogen and oxygen atoms in total. The fraction of sp³-hybridized carbons (Fsp3) is 0.278. The molecule has 2 aromatic rings. The summed E-state index contributed by atoms with van der Waals surface area (Å²) in [5, 5.41) is 3.81. The van der Waals surface area contributed by atoms with Crippen LogP contribution in [0.2, 0.25) is 0 Å². The first-order chi connectivity index (χ1) is 13.4. The topological polar surface area (TPSA) is 105 Å². The number of methoxy groups -OCH3 is 5. The maximum atomic E-state index is 12.4. The Hall–Kier alpha value is -3.14. The predicted octanol–water partition coefficient (Wildman–Crippen LogP) is 2.04. The Morgan fingerprint density at radius 1 is 0.786 bits per heavy atom. The van der Waals surface area contributed by atoms with Gasteiger partial charge in [0.05, 0.1) is 46.7 Å². The summed E-state index contributed by atoms with van der Waals surface area (Å²) in [6.45, 7) is 0. The fourth-order valence-corrected chi connectivity index (χ4v) is 3.19. The fourth-order valence-electron chi connectivity index (χ4n) is 2.38. The maximum absolute atomic E-state index is 12.4. The Labute approximate surface area is 163 Å². The monoisotopic (exact) mass is 410 g/mol. The highest BCUT2D eigenvalue weighted by Crippen LogP contribution is 2.37. The Morgan fingerprint density at radius 3 is 1.86 bits per heavy atom. The zero-order valence-electron chi connectivity index (χ0n) is 16.2. The summed E-state index contributed by atoms with van der Waals surface area (Å²) >= 11 is 0. The van der Waals surface area contributed by atoms with Crippen molar-refractivity contribution in [1.82, 2.24) is 4.83 Å². The van der Waals surface area contributed by atoms with Crippen molar-refractivity contribution in [3.63, 3.8) is 0 Å². The van der Waals surface area contributed by atoms with E-state index in [1.54, 1.807) is 12.1 Å². The minimum atomic E-state index is -3.90. The van der Waals surface area contributed by atoms with Gasteiger partial charge in [-0.1, -0.05) is 0 Å². The molecular weight excluding hydrogens is 388 g/mol. The molecule has 0 unspecified atom stereocenters. The average Bonchev–Trinajstić information content (AvgIpc) is 2.72. The van der Waals surface area contributed by atoms with Crippen LogP contribution in [0, 0.1) is 0 Å². The third-order valence-electron chi connectivity index (χ3n) is 3.74. The van der Waals surface area contributed by atoms with Crippen LogP contribution in [0.1, 0.15) is 5.56 Å². The largest absolute Gasteiger partial charge is 0.493 e. The predicted molar refractivity (Wildman–Crippen MR) is 104 cm³/mol. The van der Waals surface area contributed by atoms with E-state index in [9.17, 15) is 8.42 Å². The van der Waals surface area contributed by atoms with Crippen molar-refractivity contribution >= 4 is 16.2 Å². The number of nitrogens with one attached hydrogen (secondary N) is 1. The van der Waals surface area contributed by atoms with E-state index in [0.29, 0.717) is 34.3 Å². The van der Waals surface area contributed by atoms with E-state index in [1.165, 1.54) is 60.0 Å². The van der Waals surface area contributed by atoms with E-state index in [2.05, 4.69) is 9.93 Å². The highest BCUT2D eigenvalue weighted by molar-refractivity contribution is 7.89. The molecule has 0 aromatic heterocycles. The van der Waals surface area contributed by atoms with Gasteiger partial charge in [0.15, 0.2) is 23.0 Å². The van der Waals surface area contributed by atoms with Crippen LogP contribution in [0.4, 0.5) is 0 Å². The number of benzene rings is 2. The van der Waals surface area contributed by atoms with Crippen molar-refractivity contribution in [3.05, 3.63) is 35.9 Å². The summed E-state index contributed by atoms with van der Waals surface area (Å²) in [5.74, 6) is 1.98. The van der Waals surface area contributed by atoms with Crippen LogP contribution >= 0.6 is 0 Å². The van der Waals surface area contributed by atoms with Gasteiger partial charge in [0.2, 0.25) is 5.75 Å². The average molecular weight is 410 g/mol. The van der Waals surface area contributed by atoms with E-state index >= 15 is 0 Å². The SMILES string of the molecule is COc1ccc(S(=O)(=O)N/N=C/c2cc(OC)c(OC)c(OC)c2)cc1OC. The minimum Gasteiger partial charge on any atom is -0.493 e.